The van der Waals surface area contributed by atoms with Crippen LogP contribution in [0.25, 0.3) is 0 Å². The molecule has 0 aromatic rings. The van der Waals surface area contributed by atoms with Gasteiger partial charge in [-0.15, -0.1) is 0 Å². The fraction of sp³-hybridized carbons (Fsp3) is 1.00. The molecule has 0 bridgehead atoms. The second kappa shape index (κ2) is 7.31. The lowest BCUT2D eigenvalue weighted by atomic mass is 10.1. The molecule has 1 unspecified atom stereocenters. The molecule has 0 saturated carbocycles. The molecule has 1 aliphatic rings. The molecule has 2 N–H and O–H groups in total. The first kappa shape index (κ1) is 14.9. The maximum absolute atomic E-state index is 9.68. The zero-order chi connectivity index (χ0) is 12.8. The van der Waals surface area contributed by atoms with Crippen molar-refractivity contribution in [2.75, 3.05) is 32.7 Å². The lowest BCUT2D eigenvalue weighted by molar-refractivity contribution is 0.0194. The molecular formula is C13H28N2O2. The maximum atomic E-state index is 9.68. The molecule has 1 heterocycles. The third kappa shape index (κ3) is 4.92. The van der Waals surface area contributed by atoms with Crippen LogP contribution in [0.15, 0.2) is 0 Å². The molecule has 0 spiro atoms. The van der Waals surface area contributed by atoms with Crippen LogP contribution in [0, 0.1) is 0 Å². The van der Waals surface area contributed by atoms with Gasteiger partial charge in [-0.1, -0.05) is 13.8 Å². The van der Waals surface area contributed by atoms with Crippen molar-refractivity contribution in [2.45, 2.75) is 51.9 Å². The molecule has 1 aliphatic heterocycles. The molecule has 1 saturated heterocycles. The van der Waals surface area contributed by atoms with E-state index in [9.17, 15) is 10.2 Å². The third-order valence-electron chi connectivity index (χ3n) is 3.71. The van der Waals surface area contributed by atoms with Gasteiger partial charge in [0, 0.05) is 38.8 Å². The molecule has 102 valence electrons. The topological polar surface area (TPSA) is 46.9 Å². The van der Waals surface area contributed by atoms with Crippen molar-refractivity contribution in [3.05, 3.63) is 0 Å². The van der Waals surface area contributed by atoms with Gasteiger partial charge in [0.1, 0.15) is 0 Å². The first-order chi connectivity index (χ1) is 8.06. The number of hydrogen-bond acceptors (Lipinski definition) is 4. The normalized spacial score (nSPS) is 27.0. The van der Waals surface area contributed by atoms with Crippen molar-refractivity contribution in [1.29, 1.82) is 0 Å². The number of aliphatic hydroxyl groups excluding tert-OH is 2. The Morgan fingerprint density at radius 1 is 1.06 bits per heavy atom. The molecule has 3 atom stereocenters. The van der Waals surface area contributed by atoms with Crippen molar-refractivity contribution in [1.82, 2.24) is 9.80 Å². The zero-order valence-electron chi connectivity index (χ0n) is 11.5. The van der Waals surface area contributed by atoms with E-state index in [1.807, 2.05) is 13.8 Å². The van der Waals surface area contributed by atoms with Gasteiger partial charge in [0.25, 0.3) is 0 Å². The number of rotatable bonds is 6. The highest BCUT2D eigenvalue weighted by Gasteiger charge is 2.25. The second-order valence-corrected chi connectivity index (χ2v) is 5.23. The summed E-state index contributed by atoms with van der Waals surface area (Å²) in [7, 11) is 0. The standard InChI is InChI=1S/C13H28N2O2/c1-4-12(16)9-14-6-7-15(11(3)8-14)10-13(17)5-2/h11-13,16-17H,4-10H2,1-3H3/t11?,12-,13-/m1/s1. The predicted octanol–water partition coefficient (Wildman–Crippen LogP) is 0.534. The number of piperazine rings is 1. The average molecular weight is 244 g/mol. The van der Waals surface area contributed by atoms with Crippen molar-refractivity contribution >= 4 is 0 Å². The van der Waals surface area contributed by atoms with Gasteiger partial charge in [0.05, 0.1) is 12.2 Å². The summed E-state index contributed by atoms with van der Waals surface area (Å²) < 4.78 is 0. The van der Waals surface area contributed by atoms with Crippen LogP contribution < -0.4 is 0 Å². The zero-order valence-corrected chi connectivity index (χ0v) is 11.5. The summed E-state index contributed by atoms with van der Waals surface area (Å²) >= 11 is 0. The van der Waals surface area contributed by atoms with E-state index in [4.69, 9.17) is 0 Å². The van der Waals surface area contributed by atoms with Crippen LogP contribution in [0.1, 0.15) is 33.6 Å². The summed E-state index contributed by atoms with van der Waals surface area (Å²) in [5, 5.41) is 19.3. The molecule has 1 rings (SSSR count). The molecule has 1 fully saturated rings. The predicted molar refractivity (Wildman–Crippen MR) is 70.1 cm³/mol. The SMILES string of the molecule is CC[C@@H](O)CN1CCN(C[C@H](O)CC)C(C)C1. The summed E-state index contributed by atoms with van der Waals surface area (Å²) in [6.07, 6.45) is 1.24. The van der Waals surface area contributed by atoms with Crippen LogP contribution in [0.5, 0.6) is 0 Å². The Morgan fingerprint density at radius 3 is 2.18 bits per heavy atom. The van der Waals surface area contributed by atoms with Crippen LogP contribution in [0.4, 0.5) is 0 Å². The minimum Gasteiger partial charge on any atom is -0.392 e. The van der Waals surface area contributed by atoms with Crippen LogP contribution in [-0.4, -0.2) is 71.0 Å². The Kier molecular flexibility index (Phi) is 6.41. The van der Waals surface area contributed by atoms with Gasteiger partial charge in [-0.2, -0.15) is 0 Å². The largest absolute Gasteiger partial charge is 0.392 e. The maximum Gasteiger partial charge on any atom is 0.0664 e. The van der Waals surface area contributed by atoms with Crippen molar-refractivity contribution in [3.63, 3.8) is 0 Å². The Labute approximate surface area is 105 Å². The molecule has 4 nitrogen and oxygen atoms in total. The molecular weight excluding hydrogens is 216 g/mol. The smallest absolute Gasteiger partial charge is 0.0664 e. The van der Waals surface area contributed by atoms with E-state index in [-0.39, 0.29) is 12.2 Å². The van der Waals surface area contributed by atoms with Crippen molar-refractivity contribution in [2.24, 2.45) is 0 Å². The van der Waals surface area contributed by atoms with Crippen molar-refractivity contribution in [3.8, 4) is 0 Å². The summed E-state index contributed by atoms with van der Waals surface area (Å²) in [4.78, 5) is 4.68. The first-order valence-corrected chi connectivity index (χ1v) is 6.89. The summed E-state index contributed by atoms with van der Waals surface area (Å²) in [6.45, 7) is 10.8. The van der Waals surface area contributed by atoms with Gasteiger partial charge in [0.2, 0.25) is 0 Å². The van der Waals surface area contributed by atoms with Gasteiger partial charge in [-0.05, 0) is 19.8 Å². The lowest BCUT2D eigenvalue weighted by Gasteiger charge is -2.41. The number of nitrogens with zero attached hydrogens (tertiary/aromatic N) is 2. The molecule has 0 amide bonds. The number of aliphatic hydroxyl groups is 2. The van der Waals surface area contributed by atoms with E-state index in [1.54, 1.807) is 0 Å². The molecule has 4 heteroatoms. The second-order valence-electron chi connectivity index (χ2n) is 5.23. The van der Waals surface area contributed by atoms with E-state index < -0.39 is 0 Å². The number of β-amino-alcohol motifs (C(OH)–C–C–N with tert-alkyl or cyclic N) is 2. The van der Waals surface area contributed by atoms with Crippen molar-refractivity contribution < 1.29 is 10.2 Å². The van der Waals surface area contributed by atoms with Gasteiger partial charge in [0.15, 0.2) is 0 Å². The monoisotopic (exact) mass is 244 g/mol. The quantitative estimate of drug-likeness (QED) is 0.716. The van der Waals surface area contributed by atoms with Crippen LogP contribution in [0.3, 0.4) is 0 Å². The van der Waals surface area contributed by atoms with Gasteiger partial charge >= 0.3 is 0 Å². The Balaban J connectivity index is 2.33. The van der Waals surface area contributed by atoms with E-state index in [1.165, 1.54) is 0 Å². The Hall–Kier alpha value is -0.160. The van der Waals surface area contributed by atoms with Gasteiger partial charge < -0.3 is 10.2 Å². The first-order valence-electron chi connectivity index (χ1n) is 6.89. The van der Waals surface area contributed by atoms with Crippen LogP contribution >= 0.6 is 0 Å². The molecule has 0 aromatic carbocycles. The molecule has 0 aliphatic carbocycles. The summed E-state index contributed by atoms with van der Waals surface area (Å²) in [5.41, 5.74) is 0. The molecule has 0 aromatic heterocycles. The van der Waals surface area contributed by atoms with E-state index >= 15 is 0 Å². The average Bonchev–Trinajstić information content (AvgIpc) is 2.32. The van der Waals surface area contributed by atoms with Gasteiger partial charge in [-0.3, -0.25) is 9.80 Å². The van der Waals surface area contributed by atoms with E-state index in [2.05, 4.69) is 16.7 Å². The molecule has 17 heavy (non-hydrogen) atoms. The highest BCUT2D eigenvalue weighted by atomic mass is 16.3. The Bertz CT molecular complexity index is 214. The van der Waals surface area contributed by atoms with E-state index in [0.717, 1.165) is 45.6 Å². The molecule has 0 radical (unpaired) electrons. The third-order valence-corrected chi connectivity index (χ3v) is 3.71. The van der Waals surface area contributed by atoms with E-state index in [0.29, 0.717) is 6.04 Å². The van der Waals surface area contributed by atoms with Gasteiger partial charge in [-0.25, -0.2) is 0 Å². The lowest BCUT2D eigenvalue weighted by Crippen LogP contribution is -2.54. The fourth-order valence-electron chi connectivity index (χ4n) is 2.33. The van der Waals surface area contributed by atoms with Crippen LogP contribution in [0.2, 0.25) is 0 Å². The minimum atomic E-state index is -0.203. The minimum absolute atomic E-state index is 0.199. The fourth-order valence-corrected chi connectivity index (χ4v) is 2.33. The highest BCUT2D eigenvalue weighted by Crippen LogP contribution is 2.11. The summed E-state index contributed by atoms with van der Waals surface area (Å²) in [5.74, 6) is 0. The summed E-state index contributed by atoms with van der Waals surface area (Å²) in [6, 6.07) is 0.467. The highest BCUT2D eigenvalue weighted by molar-refractivity contribution is 4.81. The Morgan fingerprint density at radius 2 is 1.65 bits per heavy atom. The van der Waals surface area contributed by atoms with Crippen LogP contribution in [-0.2, 0) is 0 Å². The number of hydrogen-bond donors (Lipinski definition) is 2.